The van der Waals surface area contributed by atoms with Gasteiger partial charge in [-0.1, -0.05) is 24.3 Å². The van der Waals surface area contributed by atoms with Gasteiger partial charge in [0.05, 0.1) is 23.3 Å². The van der Waals surface area contributed by atoms with E-state index in [-0.39, 0.29) is 34.0 Å². The lowest BCUT2D eigenvalue weighted by molar-refractivity contribution is -0.256. The number of nitrogen functional groups attached to an aromatic ring is 2. The van der Waals surface area contributed by atoms with Gasteiger partial charge in [0, 0.05) is 6.07 Å². The van der Waals surface area contributed by atoms with Crippen molar-refractivity contribution in [2.45, 2.75) is 0 Å². The Bertz CT molecular complexity index is 614. The van der Waals surface area contributed by atoms with Crippen molar-refractivity contribution in [2.24, 2.45) is 0 Å². The molecule has 0 aliphatic carbocycles. The van der Waals surface area contributed by atoms with Crippen molar-refractivity contribution < 1.29 is 30.0 Å². The number of rotatable bonds is 2. The van der Waals surface area contributed by atoms with Gasteiger partial charge in [0.15, 0.2) is 0 Å². The summed E-state index contributed by atoms with van der Waals surface area (Å²) >= 11 is 0. The molecule has 0 saturated carbocycles. The standard InChI is InChI=1S/C8H6O4.C6H8N2O2/c9-7(10)5-1-2-6(4-3-5)8(11)12;7-3-1-4(8)6(10)2-5(3)9/h1-4H,(H,9,10)(H,11,12);1-2,9-10H,7-8H2/p-2. The Labute approximate surface area is 124 Å². The van der Waals surface area contributed by atoms with Crippen molar-refractivity contribution in [1.82, 2.24) is 0 Å². The van der Waals surface area contributed by atoms with Crippen LogP contribution in [0.4, 0.5) is 11.4 Å². The highest BCUT2D eigenvalue weighted by Crippen LogP contribution is 2.30. The van der Waals surface area contributed by atoms with E-state index in [4.69, 9.17) is 21.7 Å². The zero-order valence-corrected chi connectivity index (χ0v) is 11.1. The van der Waals surface area contributed by atoms with Gasteiger partial charge in [-0.25, -0.2) is 0 Å². The van der Waals surface area contributed by atoms with Crippen LogP contribution in [-0.2, 0) is 0 Å². The third-order valence-electron chi connectivity index (χ3n) is 2.53. The van der Waals surface area contributed by atoms with Gasteiger partial charge in [0.2, 0.25) is 0 Å². The maximum Gasteiger partial charge on any atom is 0.142 e. The number of hydrogen-bond acceptors (Lipinski definition) is 8. The first-order valence-electron chi connectivity index (χ1n) is 5.82. The molecular formula is C14H12N2O6-2. The highest BCUT2D eigenvalue weighted by Gasteiger charge is 2.01. The number of aromatic hydroxyl groups is 2. The minimum absolute atomic E-state index is 0.0556. The van der Waals surface area contributed by atoms with Crippen LogP contribution in [-0.4, -0.2) is 22.2 Å². The van der Waals surface area contributed by atoms with Gasteiger partial charge in [0.1, 0.15) is 11.5 Å². The molecule has 0 aromatic heterocycles. The Morgan fingerprint density at radius 1 is 0.773 bits per heavy atom. The molecule has 2 rings (SSSR count). The number of aromatic carboxylic acids is 2. The molecule has 8 nitrogen and oxygen atoms in total. The topological polar surface area (TPSA) is 173 Å². The van der Waals surface area contributed by atoms with Crippen LogP contribution in [0.5, 0.6) is 11.5 Å². The van der Waals surface area contributed by atoms with E-state index in [1.165, 1.54) is 6.07 Å². The zero-order chi connectivity index (χ0) is 16.9. The second-order valence-corrected chi connectivity index (χ2v) is 4.12. The first-order chi connectivity index (χ1) is 10.2. The van der Waals surface area contributed by atoms with Gasteiger partial charge < -0.3 is 41.5 Å². The van der Waals surface area contributed by atoms with Crippen LogP contribution < -0.4 is 21.7 Å². The molecule has 0 saturated heterocycles. The Kier molecular flexibility index (Phi) is 5.17. The summed E-state index contributed by atoms with van der Waals surface area (Å²) in [6.45, 7) is 0. The second-order valence-electron chi connectivity index (χ2n) is 4.12. The minimum Gasteiger partial charge on any atom is -0.545 e. The second kappa shape index (κ2) is 6.84. The first-order valence-corrected chi connectivity index (χ1v) is 5.82. The van der Waals surface area contributed by atoms with Crippen molar-refractivity contribution in [2.75, 3.05) is 11.5 Å². The molecule has 0 fully saturated rings. The molecule has 0 aliphatic rings. The molecule has 0 amide bonds. The van der Waals surface area contributed by atoms with Gasteiger partial charge >= 0.3 is 0 Å². The van der Waals surface area contributed by atoms with E-state index in [1.807, 2.05) is 0 Å². The fraction of sp³-hybridized carbons (Fsp3) is 0. The van der Waals surface area contributed by atoms with E-state index in [0.29, 0.717) is 0 Å². The van der Waals surface area contributed by atoms with Crippen LogP contribution in [0.3, 0.4) is 0 Å². The summed E-state index contributed by atoms with van der Waals surface area (Å²) in [7, 11) is 0. The number of benzene rings is 2. The molecule has 2 aromatic carbocycles. The summed E-state index contributed by atoms with van der Waals surface area (Å²) in [4.78, 5) is 20.4. The molecule has 0 radical (unpaired) electrons. The van der Waals surface area contributed by atoms with Gasteiger partial charge in [-0.3, -0.25) is 0 Å². The van der Waals surface area contributed by atoms with E-state index in [2.05, 4.69) is 0 Å². The number of carboxylic acid groups (broad SMARTS) is 2. The molecule has 0 bridgehead atoms. The van der Waals surface area contributed by atoms with Crippen molar-refractivity contribution in [3.63, 3.8) is 0 Å². The largest absolute Gasteiger partial charge is 0.545 e. The van der Waals surface area contributed by atoms with E-state index >= 15 is 0 Å². The quantitative estimate of drug-likeness (QED) is 0.300. The molecular weight excluding hydrogens is 292 g/mol. The molecule has 0 aliphatic heterocycles. The van der Waals surface area contributed by atoms with Gasteiger partial charge in [0.25, 0.3) is 0 Å². The Morgan fingerprint density at radius 2 is 1.09 bits per heavy atom. The predicted octanol–water partition coefficient (Wildman–Crippen LogP) is -1.32. The fourth-order valence-corrected chi connectivity index (χ4v) is 1.35. The predicted molar refractivity (Wildman–Crippen MR) is 73.7 cm³/mol. The van der Waals surface area contributed by atoms with E-state index < -0.39 is 11.9 Å². The lowest BCUT2D eigenvalue weighted by atomic mass is 10.1. The van der Waals surface area contributed by atoms with Crippen molar-refractivity contribution in [1.29, 1.82) is 0 Å². The van der Waals surface area contributed by atoms with Crippen molar-refractivity contribution >= 4 is 23.3 Å². The summed E-state index contributed by atoms with van der Waals surface area (Å²) in [5.74, 6) is -2.99. The number of hydrogen-bond donors (Lipinski definition) is 4. The summed E-state index contributed by atoms with van der Waals surface area (Å²) in [6, 6.07) is 7.01. The maximum absolute atomic E-state index is 10.2. The maximum atomic E-state index is 10.2. The number of carboxylic acids is 2. The molecule has 2 aromatic rings. The molecule has 8 heteroatoms. The lowest BCUT2D eigenvalue weighted by Crippen LogP contribution is -2.24. The number of phenolic OH excluding ortho intramolecular Hbond substituents is 2. The zero-order valence-electron chi connectivity index (χ0n) is 11.1. The van der Waals surface area contributed by atoms with Gasteiger partial charge in [-0.15, -0.1) is 0 Å². The number of carbonyl (C=O) groups excluding carboxylic acids is 2. The van der Waals surface area contributed by atoms with Gasteiger partial charge in [-0.2, -0.15) is 0 Å². The molecule has 0 spiro atoms. The van der Waals surface area contributed by atoms with Crippen molar-refractivity contribution in [3.8, 4) is 11.5 Å². The summed E-state index contributed by atoms with van der Waals surface area (Å²) in [5, 5.41) is 38.2. The van der Waals surface area contributed by atoms with E-state index in [0.717, 1.165) is 30.3 Å². The number of phenols is 2. The minimum atomic E-state index is -1.33. The van der Waals surface area contributed by atoms with E-state index in [9.17, 15) is 19.8 Å². The van der Waals surface area contributed by atoms with Crippen LogP contribution in [0.25, 0.3) is 0 Å². The monoisotopic (exact) mass is 304 g/mol. The Balaban J connectivity index is 0.000000224. The van der Waals surface area contributed by atoms with E-state index in [1.54, 1.807) is 0 Å². The van der Waals surface area contributed by atoms with Crippen LogP contribution in [0.1, 0.15) is 20.7 Å². The summed E-state index contributed by atoms with van der Waals surface area (Å²) < 4.78 is 0. The fourth-order valence-electron chi connectivity index (χ4n) is 1.35. The summed E-state index contributed by atoms with van der Waals surface area (Å²) in [5.41, 5.74) is 10.7. The van der Waals surface area contributed by atoms with Crippen molar-refractivity contribution in [3.05, 3.63) is 47.5 Å². The normalized spacial score (nSPS) is 9.45. The Morgan fingerprint density at radius 3 is 1.32 bits per heavy atom. The average Bonchev–Trinajstić information content (AvgIpc) is 2.46. The van der Waals surface area contributed by atoms with Gasteiger partial charge in [-0.05, 0) is 17.2 Å². The number of carbonyl (C=O) groups is 2. The third-order valence-corrected chi connectivity index (χ3v) is 2.53. The summed E-state index contributed by atoms with van der Waals surface area (Å²) in [6.07, 6.45) is 0. The molecule has 22 heavy (non-hydrogen) atoms. The SMILES string of the molecule is Nc1cc(N)c(O)cc1O.O=C([O-])c1ccc(C(=O)[O-])cc1. The van der Waals surface area contributed by atoms with Crippen LogP contribution in [0.15, 0.2) is 36.4 Å². The third kappa shape index (κ3) is 4.30. The molecule has 6 N–H and O–H groups in total. The average molecular weight is 304 g/mol. The Hall–Kier alpha value is -3.42. The molecule has 116 valence electrons. The highest BCUT2D eigenvalue weighted by atomic mass is 16.4. The molecule has 0 heterocycles. The number of nitrogens with two attached hydrogens (primary N) is 2. The molecule has 0 atom stereocenters. The number of anilines is 2. The molecule has 0 unspecified atom stereocenters. The lowest BCUT2D eigenvalue weighted by Gasteiger charge is -2.04. The van der Waals surface area contributed by atoms with Crippen LogP contribution in [0.2, 0.25) is 0 Å². The highest BCUT2D eigenvalue weighted by molar-refractivity contribution is 5.89. The smallest absolute Gasteiger partial charge is 0.142 e. The first kappa shape index (κ1) is 16.6. The van der Waals surface area contributed by atoms with Crippen LogP contribution in [0, 0.1) is 0 Å². The van der Waals surface area contributed by atoms with Crippen LogP contribution >= 0.6 is 0 Å².